The first-order valence-electron chi connectivity index (χ1n) is 7.84. The highest BCUT2D eigenvalue weighted by molar-refractivity contribution is 7.21. The Morgan fingerprint density at radius 1 is 1.22 bits per heavy atom. The molecule has 0 radical (unpaired) electrons. The lowest BCUT2D eigenvalue weighted by Gasteiger charge is -2.06. The van der Waals surface area contributed by atoms with Crippen LogP contribution in [-0.2, 0) is 9.53 Å². The van der Waals surface area contributed by atoms with Crippen molar-refractivity contribution in [3.8, 4) is 0 Å². The minimum absolute atomic E-state index is 0.0478. The van der Waals surface area contributed by atoms with Gasteiger partial charge in [0.25, 0.3) is 5.91 Å². The topological polar surface area (TPSA) is 94.3 Å². The summed E-state index contributed by atoms with van der Waals surface area (Å²) in [6, 6.07) is 4.76. The number of aromatic nitrogens is 1. The standard InChI is InChI=1S/C18H15F2N3O3S/c1-8-5-9(2)22-17-14(8)15(21)16(27-17)18(25)26-7-13(24)23-10-3-4-11(19)12(20)6-10/h3-6H,7,21H2,1-2H3,(H,23,24). The van der Waals surface area contributed by atoms with Gasteiger partial charge in [-0.2, -0.15) is 0 Å². The van der Waals surface area contributed by atoms with Crippen LogP contribution in [0.5, 0.6) is 0 Å². The third kappa shape index (κ3) is 3.87. The van der Waals surface area contributed by atoms with E-state index >= 15 is 0 Å². The van der Waals surface area contributed by atoms with E-state index in [9.17, 15) is 18.4 Å². The van der Waals surface area contributed by atoms with Gasteiger partial charge >= 0.3 is 5.97 Å². The Balaban J connectivity index is 1.69. The average Bonchev–Trinajstić information content (AvgIpc) is 2.93. The normalized spacial score (nSPS) is 10.8. The van der Waals surface area contributed by atoms with E-state index < -0.39 is 30.1 Å². The number of rotatable bonds is 4. The molecule has 0 spiro atoms. The molecule has 0 fully saturated rings. The molecule has 0 aliphatic rings. The van der Waals surface area contributed by atoms with Crippen molar-refractivity contribution < 1.29 is 23.1 Å². The molecule has 0 aliphatic heterocycles. The van der Waals surface area contributed by atoms with Crippen LogP contribution in [0.25, 0.3) is 10.2 Å². The lowest BCUT2D eigenvalue weighted by Crippen LogP contribution is -2.21. The molecule has 6 nitrogen and oxygen atoms in total. The number of amides is 1. The summed E-state index contributed by atoms with van der Waals surface area (Å²) >= 11 is 1.09. The number of anilines is 2. The fourth-order valence-corrected chi connectivity index (χ4v) is 3.70. The molecule has 0 atom stereocenters. The Morgan fingerprint density at radius 3 is 2.67 bits per heavy atom. The Labute approximate surface area is 157 Å². The number of nitrogens with one attached hydrogen (secondary N) is 1. The maximum absolute atomic E-state index is 13.1. The summed E-state index contributed by atoms with van der Waals surface area (Å²) in [5.74, 6) is -3.58. The van der Waals surface area contributed by atoms with Crippen molar-refractivity contribution in [3.63, 3.8) is 0 Å². The average molecular weight is 391 g/mol. The highest BCUT2D eigenvalue weighted by atomic mass is 32.1. The van der Waals surface area contributed by atoms with E-state index in [0.717, 1.165) is 34.7 Å². The smallest absolute Gasteiger partial charge is 0.351 e. The molecule has 27 heavy (non-hydrogen) atoms. The van der Waals surface area contributed by atoms with Crippen molar-refractivity contribution in [2.45, 2.75) is 13.8 Å². The largest absolute Gasteiger partial charge is 0.451 e. The number of esters is 1. The van der Waals surface area contributed by atoms with Crippen molar-refractivity contribution in [2.24, 2.45) is 0 Å². The van der Waals surface area contributed by atoms with Crippen LogP contribution < -0.4 is 11.1 Å². The number of carbonyl (C=O) groups is 2. The number of aryl methyl sites for hydroxylation is 2. The maximum Gasteiger partial charge on any atom is 0.351 e. The highest BCUT2D eigenvalue weighted by Crippen LogP contribution is 2.35. The van der Waals surface area contributed by atoms with Gasteiger partial charge in [-0.25, -0.2) is 18.6 Å². The van der Waals surface area contributed by atoms with E-state index in [4.69, 9.17) is 10.5 Å². The van der Waals surface area contributed by atoms with E-state index in [-0.39, 0.29) is 16.3 Å². The van der Waals surface area contributed by atoms with Crippen LogP contribution in [0.3, 0.4) is 0 Å². The van der Waals surface area contributed by atoms with Crippen LogP contribution in [0.1, 0.15) is 20.9 Å². The van der Waals surface area contributed by atoms with Crippen molar-refractivity contribution in [1.82, 2.24) is 4.98 Å². The van der Waals surface area contributed by atoms with Gasteiger partial charge in [0.05, 0.1) is 5.69 Å². The molecule has 1 aromatic carbocycles. The monoisotopic (exact) mass is 391 g/mol. The Kier molecular flexibility index (Phi) is 5.04. The third-order valence-corrected chi connectivity index (χ3v) is 4.83. The molecule has 0 saturated heterocycles. The van der Waals surface area contributed by atoms with Crippen molar-refractivity contribution >= 4 is 44.8 Å². The Morgan fingerprint density at radius 2 is 1.96 bits per heavy atom. The summed E-state index contributed by atoms with van der Waals surface area (Å²) in [6.45, 7) is 3.10. The van der Waals surface area contributed by atoms with Gasteiger partial charge in [-0.3, -0.25) is 4.79 Å². The zero-order valence-corrected chi connectivity index (χ0v) is 15.2. The lowest BCUT2D eigenvalue weighted by molar-refractivity contribution is -0.119. The van der Waals surface area contributed by atoms with Gasteiger partial charge in [0, 0.05) is 22.8 Å². The van der Waals surface area contributed by atoms with Gasteiger partial charge in [-0.05, 0) is 37.6 Å². The quantitative estimate of drug-likeness (QED) is 0.663. The summed E-state index contributed by atoms with van der Waals surface area (Å²) < 4.78 is 31.0. The molecule has 140 valence electrons. The molecule has 1 amide bonds. The number of nitrogen functional groups attached to an aromatic ring is 1. The molecule has 0 unspecified atom stereocenters. The van der Waals surface area contributed by atoms with E-state index in [0.29, 0.717) is 10.2 Å². The van der Waals surface area contributed by atoms with Crippen molar-refractivity contribution in [3.05, 3.63) is 52.0 Å². The molecule has 3 rings (SSSR count). The number of pyridine rings is 1. The molecule has 0 aliphatic carbocycles. The van der Waals surface area contributed by atoms with Crippen LogP contribution in [0, 0.1) is 25.5 Å². The number of thiophene rings is 1. The van der Waals surface area contributed by atoms with E-state index in [1.165, 1.54) is 6.07 Å². The van der Waals surface area contributed by atoms with Crippen LogP contribution >= 0.6 is 11.3 Å². The summed E-state index contributed by atoms with van der Waals surface area (Å²) in [5, 5.41) is 3.00. The number of carbonyl (C=O) groups excluding carboxylic acids is 2. The van der Waals surface area contributed by atoms with Gasteiger partial charge in [-0.15, -0.1) is 11.3 Å². The summed E-state index contributed by atoms with van der Waals surface area (Å²) in [5.41, 5.74) is 8.04. The van der Waals surface area contributed by atoms with Gasteiger partial charge in [0.15, 0.2) is 18.2 Å². The van der Waals surface area contributed by atoms with Crippen LogP contribution in [0.15, 0.2) is 24.3 Å². The molecule has 2 aromatic heterocycles. The number of nitrogens with zero attached hydrogens (tertiary/aromatic N) is 1. The number of hydrogen-bond donors (Lipinski definition) is 2. The third-order valence-electron chi connectivity index (χ3n) is 3.75. The van der Waals surface area contributed by atoms with Gasteiger partial charge in [-0.1, -0.05) is 0 Å². The first-order valence-corrected chi connectivity index (χ1v) is 8.66. The van der Waals surface area contributed by atoms with Crippen molar-refractivity contribution in [2.75, 3.05) is 17.7 Å². The first-order chi connectivity index (χ1) is 12.8. The Hall–Kier alpha value is -3.07. The molecule has 3 aromatic rings. The molecular weight excluding hydrogens is 376 g/mol. The molecular formula is C18H15F2N3O3S. The molecule has 0 saturated carbocycles. The van der Waals surface area contributed by atoms with E-state index in [1.54, 1.807) is 0 Å². The van der Waals surface area contributed by atoms with Gasteiger partial charge in [0.2, 0.25) is 0 Å². The SMILES string of the molecule is Cc1cc(C)c2c(N)c(C(=O)OCC(=O)Nc3ccc(F)c(F)c3)sc2n1. The van der Waals surface area contributed by atoms with Crippen LogP contribution in [0.2, 0.25) is 0 Å². The number of fused-ring (bicyclic) bond motifs is 1. The second-order valence-electron chi connectivity index (χ2n) is 5.86. The van der Waals surface area contributed by atoms with E-state index in [1.807, 2.05) is 19.9 Å². The van der Waals surface area contributed by atoms with E-state index in [2.05, 4.69) is 10.3 Å². The number of ether oxygens (including phenoxy) is 1. The van der Waals surface area contributed by atoms with Gasteiger partial charge in [0.1, 0.15) is 9.71 Å². The van der Waals surface area contributed by atoms with Crippen molar-refractivity contribution in [1.29, 1.82) is 0 Å². The Bertz CT molecular complexity index is 1070. The molecule has 2 heterocycles. The predicted molar refractivity (Wildman–Crippen MR) is 98.8 cm³/mol. The summed E-state index contributed by atoms with van der Waals surface area (Å²) in [4.78, 5) is 29.3. The summed E-state index contributed by atoms with van der Waals surface area (Å²) in [6.07, 6.45) is 0. The number of halogens is 2. The zero-order chi connectivity index (χ0) is 19.7. The molecule has 0 bridgehead atoms. The van der Waals surface area contributed by atoms with Crippen LogP contribution in [0.4, 0.5) is 20.2 Å². The molecule has 3 N–H and O–H groups in total. The molecule has 9 heteroatoms. The maximum atomic E-state index is 13.1. The number of hydrogen-bond acceptors (Lipinski definition) is 6. The first kappa shape index (κ1) is 18.7. The fraction of sp³-hybridized carbons (Fsp3) is 0.167. The van der Waals surface area contributed by atoms with Crippen LogP contribution in [-0.4, -0.2) is 23.5 Å². The zero-order valence-electron chi connectivity index (χ0n) is 14.4. The predicted octanol–water partition coefficient (Wildman–Crippen LogP) is 3.57. The minimum atomic E-state index is -1.10. The second kappa shape index (κ2) is 7.28. The summed E-state index contributed by atoms with van der Waals surface area (Å²) in [7, 11) is 0. The minimum Gasteiger partial charge on any atom is -0.451 e. The number of benzene rings is 1. The second-order valence-corrected chi connectivity index (χ2v) is 6.86. The fourth-order valence-electron chi connectivity index (χ4n) is 2.59. The van der Waals surface area contributed by atoms with Gasteiger partial charge < -0.3 is 15.8 Å². The highest BCUT2D eigenvalue weighted by Gasteiger charge is 2.21. The lowest BCUT2D eigenvalue weighted by atomic mass is 10.1. The number of nitrogens with two attached hydrogens (primary N) is 1.